The summed E-state index contributed by atoms with van der Waals surface area (Å²) in [5.74, 6) is 0.976. The third-order valence-electron chi connectivity index (χ3n) is 6.33. The Kier molecular flexibility index (Phi) is 5.81. The van der Waals surface area contributed by atoms with Crippen molar-refractivity contribution < 1.29 is 19.1 Å². The van der Waals surface area contributed by atoms with Gasteiger partial charge in [0.25, 0.3) is 5.91 Å². The van der Waals surface area contributed by atoms with Crippen LogP contribution in [0.3, 0.4) is 0 Å². The SMILES string of the molecule is COc1ccc(N2NC3c4cc(C(=O)NCc5ccccc5OC)ccc4NCC3C2=O)cc1. The van der Waals surface area contributed by atoms with E-state index in [1.807, 2.05) is 60.7 Å². The number of anilines is 2. The molecule has 2 unspecified atom stereocenters. The Balaban J connectivity index is 1.35. The van der Waals surface area contributed by atoms with Crippen LogP contribution in [0.5, 0.6) is 11.5 Å². The highest BCUT2D eigenvalue weighted by atomic mass is 16.5. The standard InChI is InChI=1S/C26H26N4O4/c1-33-19-10-8-18(9-11-19)30-26(32)21-15-27-22-12-7-16(13-20(22)24(21)29-30)25(31)28-14-17-5-3-4-6-23(17)34-2/h3-13,21,24,27,29H,14-15H2,1-2H3,(H,28,31). The third kappa shape index (κ3) is 3.92. The van der Waals surface area contributed by atoms with Crippen molar-refractivity contribution in [3.63, 3.8) is 0 Å². The zero-order valence-electron chi connectivity index (χ0n) is 19.0. The predicted molar refractivity (Wildman–Crippen MR) is 129 cm³/mol. The largest absolute Gasteiger partial charge is 0.497 e. The summed E-state index contributed by atoms with van der Waals surface area (Å²) in [6, 6.07) is 20.2. The van der Waals surface area contributed by atoms with Crippen LogP contribution in [0.4, 0.5) is 11.4 Å². The van der Waals surface area contributed by atoms with Crippen LogP contribution in [0.25, 0.3) is 0 Å². The maximum atomic E-state index is 13.1. The number of nitrogens with zero attached hydrogens (tertiary/aromatic N) is 1. The second-order valence-electron chi connectivity index (χ2n) is 8.26. The topological polar surface area (TPSA) is 91.9 Å². The second kappa shape index (κ2) is 9.07. The first-order chi connectivity index (χ1) is 16.6. The molecule has 2 atom stereocenters. The van der Waals surface area contributed by atoms with Crippen LogP contribution in [0.2, 0.25) is 0 Å². The van der Waals surface area contributed by atoms with Gasteiger partial charge in [-0.25, -0.2) is 10.4 Å². The Hall–Kier alpha value is -4.04. The van der Waals surface area contributed by atoms with E-state index in [4.69, 9.17) is 9.47 Å². The quantitative estimate of drug-likeness (QED) is 0.525. The number of methoxy groups -OCH3 is 2. The monoisotopic (exact) mass is 458 g/mol. The Labute approximate surface area is 197 Å². The van der Waals surface area contributed by atoms with Crippen molar-refractivity contribution in [2.45, 2.75) is 12.6 Å². The highest BCUT2D eigenvalue weighted by Gasteiger charge is 2.44. The van der Waals surface area contributed by atoms with Gasteiger partial charge in [-0.05, 0) is 54.1 Å². The number of carbonyl (C=O) groups excluding carboxylic acids is 2. The molecule has 8 heteroatoms. The van der Waals surface area contributed by atoms with Crippen molar-refractivity contribution in [3.8, 4) is 11.5 Å². The summed E-state index contributed by atoms with van der Waals surface area (Å²) in [6.45, 7) is 0.877. The smallest absolute Gasteiger partial charge is 0.251 e. The molecule has 3 aromatic rings. The van der Waals surface area contributed by atoms with E-state index in [0.29, 0.717) is 18.7 Å². The van der Waals surface area contributed by atoms with E-state index in [2.05, 4.69) is 16.1 Å². The summed E-state index contributed by atoms with van der Waals surface area (Å²) in [5.41, 5.74) is 7.33. The molecule has 0 saturated carbocycles. The fourth-order valence-corrected chi connectivity index (χ4v) is 4.49. The van der Waals surface area contributed by atoms with Crippen molar-refractivity contribution in [2.24, 2.45) is 5.92 Å². The maximum Gasteiger partial charge on any atom is 0.251 e. The second-order valence-corrected chi connectivity index (χ2v) is 8.26. The van der Waals surface area contributed by atoms with Crippen molar-refractivity contribution >= 4 is 23.2 Å². The number of rotatable bonds is 6. The summed E-state index contributed by atoms with van der Waals surface area (Å²) < 4.78 is 10.6. The number of amides is 2. The number of nitrogens with one attached hydrogen (secondary N) is 3. The molecule has 0 spiro atoms. The fourth-order valence-electron chi connectivity index (χ4n) is 4.49. The van der Waals surface area contributed by atoms with E-state index in [-0.39, 0.29) is 23.8 Å². The first-order valence-electron chi connectivity index (χ1n) is 11.1. The summed E-state index contributed by atoms with van der Waals surface area (Å²) in [4.78, 5) is 26.1. The lowest BCUT2D eigenvalue weighted by atomic mass is 9.88. The first-order valence-corrected chi connectivity index (χ1v) is 11.1. The Morgan fingerprint density at radius 3 is 2.62 bits per heavy atom. The van der Waals surface area contributed by atoms with Crippen LogP contribution < -0.4 is 30.5 Å². The molecule has 2 heterocycles. The van der Waals surface area contributed by atoms with Gasteiger partial charge in [0.05, 0.1) is 31.9 Å². The highest BCUT2D eigenvalue weighted by molar-refractivity contribution is 5.99. The minimum Gasteiger partial charge on any atom is -0.497 e. The van der Waals surface area contributed by atoms with Gasteiger partial charge >= 0.3 is 0 Å². The van der Waals surface area contributed by atoms with Crippen molar-refractivity contribution in [3.05, 3.63) is 83.4 Å². The molecule has 0 aromatic heterocycles. The van der Waals surface area contributed by atoms with E-state index in [9.17, 15) is 9.59 Å². The molecule has 0 bridgehead atoms. The van der Waals surface area contributed by atoms with E-state index >= 15 is 0 Å². The molecule has 5 rings (SSSR count). The summed E-state index contributed by atoms with van der Waals surface area (Å²) in [5, 5.41) is 7.88. The number of benzene rings is 3. The minimum absolute atomic E-state index is 0.0145. The molecule has 3 N–H and O–H groups in total. The van der Waals surface area contributed by atoms with Crippen LogP contribution >= 0.6 is 0 Å². The summed E-state index contributed by atoms with van der Waals surface area (Å²) >= 11 is 0. The van der Waals surface area contributed by atoms with Gasteiger partial charge in [0.2, 0.25) is 5.91 Å². The average molecular weight is 459 g/mol. The van der Waals surface area contributed by atoms with E-state index in [0.717, 1.165) is 34.0 Å². The first kappa shape index (κ1) is 21.8. The van der Waals surface area contributed by atoms with Gasteiger partial charge in [0, 0.05) is 29.9 Å². The summed E-state index contributed by atoms with van der Waals surface area (Å²) in [7, 11) is 3.22. The van der Waals surface area contributed by atoms with E-state index < -0.39 is 0 Å². The normalized spacial score (nSPS) is 18.5. The number of fused-ring (bicyclic) bond motifs is 3. The molecule has 0 radical (unpaired) electrons. The third-order valence-corrected chi connectivity index (χ3v) is 6.33. The Bertz CT molecular complexity index is 1230. The Morgan fingerprint density at radius 2 is 1.85 bits per heavy atom. The lowest BCUT2D eigenvalue weighted by Gasteiger charge is -2.27. The number of para-hydroxylation sites is 1. The molecule has 2 aliphatic heterocycles. The van der Waals surface area contributed by atoms with Crippen molar-refractivity contribution in [2.75, 3.05) is 31.1 Å². The van der Waals surface area contributed by atoms with Gasteiger partial charge in [0.1, 0.15) is 11.5 Å². The molecule has 8 nitrogen and oxygen atoms in total. The van der Waals surface area contributed by atoms with Gasteiger partial charge in [-0.3, -0.25) is 9.59 Å². The lowest BCUT2D eigenvalue weighted by Crippen LogP contribution is -2.35. The van der Waals surface area contributed by atoms with Crippen LogP contribution in [-0.2, 0) is 11.3 Å². The van der Waals surface area contributed by atoms with E-state index in [1.165, 1.54) is 0 Å². The highest BCUT2D eigenvalue weighted by Crippen LogP contribution is 2.40. The maximum absolute atomic E-state index is 13.1. The van der Waals surface area contributed by atoms with E-state index in [1.54, 1.807) is 25.3 Å². The molecular formula is C26H26N4O4. The molecule has 3 aromatic carbocycles. The van der Waals surface area contributed by atoms with Gasteiger partial charge in [-0.15, -0.1) is 0 Å². The molecular weight excluding hydrogens is 432 g/mol. The van der Waals surface area contributed by atoms with Gasteiger partial charge in [0.15, 0.2) is 0 Å². The number of carbonyl (C=O) groups is 2. The summed E-state index contributed by atoms with van der Waals surface area (Å²) in [6.07, 6.45) is 0. The zero-order valence-corrected chi connectivity index (χ0v) is 19.0. The minimum atomic E-state index is -0.276. The number of hydrogen-bond donors (Lipinski definition) is 3. The molecule has 174 valence electrons. The molecule has 0 aliphatic carbocycles. The number of hydrazine groups is 1. The molecule has 2 aliphatic rings. The van der Waals surface area contributed by atoms with Crippen molar-refractivity contribution in [1.82, 2.24) is 10.7 Å². The van der Waals surface area contributed by atoms with Crippen LogP contribution in [0.15, 0.2) is 66.7 Å². The van der Waals surface area contributed by atoms with Crippen LogP contribution in [0.1, 0.15) is 27.5 Å². The van der Waals surface area contributed by atoms with Crippen molar-refractivity contribution in [1.29, 1.82) is 0 Å². The Morgan fingerprint density at radius 1 is 1.06 bits per heavy atom. The number of hydrogen-bond acceptors (Lipinski definition) is 6. The predicted octanol–water partition coefficient (Wildman–Crippen LogP) is 3.27. The molecule has 2 amide bonds. The van der Waals surface area contributed by atoms with Gasteiger partial charge < -0.3 is 20.1 Å². The molecule has 1 fully saturated rings. The van der Waals surface area contributed by atoms with Crippen LogP contribution in [0, 0.1) is 5.92 Å². The molecule has 34 heavy (non-hydrogen) atoms. The van der Waals surface area contributed by atoms with Crippen LogP contribution in [-0.4, -0.2) is 32.6 Å². The fraction of sp³-hybridized carbons (Fsp3) is 0.231. The number of ether oxygens (including phenoxy) is 2. The van der Waals surface area contributed by atoms with Gasteiger partial charge in [-0.1, -0.05) is 18.2 Å². The zero-order chi connectivity index (χ0) is 23.7. The average Bonchev–Trinajstić information content (AvgIpc) is 3.23. The van der Waals surface area contributed by atoms with Gasteiger partial charge in [-0.2, -0.15) is 0 Å². The molecule has 1 saturated heterocycles. The lowest BCUT2D eigenvalue weighted by molar-refractivity contribution is -0.120.